The van der Waals surface area contributed by atoms with Gasteiger partial charge in [0, 0.05) is 12.6 Å². The molecule has 2 rings (SSSR count). The average Bonchev–Trinajstić information content (AvgIpc) is 2.65. The van der Waals surface area contributed by atoms with Gasteiger partial charge in [-0.15, -0.1) is 0 Å². The maximum absolute atomic E-state index is 11.8. The van der Waals surface area contributed by atoms with Gasteiger partial charge in [-0.1, -0.05) is 48.0 Å². The van der Waals surface area contributed by atoms with Crippen molar-refractivity contribution in [3.8, 4) is 5.75 Å². The fraction of sp³-hybridized carbons (Fsp3) is 0.227. The van der Waals surface area contributed by atoms with E-state index in [9.17, 15) is 9.90 Å². The van der Waals surface area contributed by atoms with E-state index in [-0.39, 0.29) is 12.5 Å². The molecular weight excluding hydrogens is 326 g/mol. The highest BCUT2D eigenvalue weighted by atomic mass is 16.5. The van der Waals surface area contributed by atoms with Crippen LogP contribution in [0.15, 0.2) is 72.3 Å². The Labute approximate surface area is 154 Å². The van der Waals surface area contributed by atoms with Gasteiger partial charge in [0.05, 0.1) is 6.10 Å². The molecule has 4 nitrogen and oxygen atoms in total. The molecule has 0 unspecified atom stereocenters. The molecule has 0 radical (unpaired) electrons. The fourth-order valence-corrected chi connectivity index (χ4v) is 2.20. The second kappa shape index (κ2) is 10.2. The van der Waals surface area contributed by atoms with Crippen LogP contribution >= 0.6 is 0 Å². The van der Waals surface area contributed by atoms with Gasteiger partial charge < -0.3 is 15.2 Å². The topological polar surface area (TPSA) is 58.6 Å². The van der Waals surface area contributed by atoms with Gasteiger partial charge in [-0.25, -0.2) is 0 Å². The van der Waals surface area contributed by atoms with Crippen LogP contribution in [-0.4, -0.2) is 24.2 Å². The van der Waals surface area contributed by atoms with Crippen molar-refractivity contribution in [2.75, 3.05) is 13.2 Å². The maximum atomic E-state index is 11.8. The molecule has 0 aliphatic rings. The monoisotopic (exact) mass is 351 g/mol. The second-order valence-corrected chi connectivity index (χ2v) is 6.17. The summed E-state index contributed by atoms with van der Waals surface area (Å²) in [6.07, 6.45) is 4.43. The first-order chi connectivity index (χ1) is 12.5. The Morgan fingerprint density at radius 3 is 2.46 bits per heavy atom. The zero-order valence-electron chi connectivity index (χ0n) is 15.2. The van der Waals surface area contributed by atoms with Gasteiger partial charge in [-0.2, -0.15) is 0 Å². The van der Waals surface area contributed by atoms with E-state index in [1.54, 1.807) is 18.2 Å². The van der Waals surface area contributed by atoms with Crippen LogP contribution in [0.25, 0.3) is 6.08 Å². The average molecular weight is 351 g/mol. The molecule has 2 N–H and O–H groups in total. The molecule has 0 bridgehead atoms. The number of ether oxygens (including phenoxy) is 1. The number of aliphatic hydroxyl groups excluding tert-OH is 1. The minimum absolute atomic E-state index is 0.149. The molecule has 0 saturated heterocycles. The van der Waals surface area contributed by atoms with Gasteiger partial charge in [0.1, 0.15) is 12.4 Å². The molecule has 26 heavy (non-hydrogen) atoms. The Hall–Kier alpha value is -2.85. The first-order valence-corrected chi connectivity index (χ1v) is 8.60. The van der Waals surface area contributed by atoms with Crippen molar-refractivity contribution in [1.82, 2.24) is 5.32 Å². The fourth-order valence-electron chi connectivity index (χ4n) is 2.20. The summed E-state index contributed by atoms with van der Waals surface area (Å²) in [4.78, 5) is 11.8. The van der Waals surface area contributed by atoms with Crippen LogP contribution < -0.4 is 10.1 Å². The van der Waals surface area contributed by atoms with E-state index in [0.717, 1.165) is 16.9 Å². The van der Waals surface area contributed by atoms with Crippen molar-refractivity contribution in [2.24, 2.45) is 0 Å². The lowest BCUT2D eigenvalue weighted by Crippen LogP contribution is -2.26. The first kappa shape index (κ1) is 19.5. The van der Waals surface area contributed by atoms with Gasteiger partial charge in [0.25, 0.3) is 0 Å². The lowest BCUT2D eigenvalue weighted by Gasteiger charge is -2.12. The first-order valence-electron chi connectivity index (χ1n) is 8.60. The molecule has 4 heteroatoms. The molecule has 0 aromatic heterocycles. The highest BCUT2D eigenvalue weighted by Gasteiger charge is 2.08. The molecule has 136 valence electrons. The number of rotatable bonds is 8. The van der Waals surface area contributed by atoms with E-state index in [0.29, 0.717) is 6.61 Å². The predicted molar refractivity (Wildman–Crippen MR) is 105 cm³/mol. The number of aliphatic hydroxyl groups is 1. The molecule has 1 atom stereocenters. The summed E-state index contributed by atoms with van der Waals surface area (Å²) in [5, 5.41) is 12.9. The summed E-state index contributed by atoms with van der Waals surface area (Å²) in [6.45, 7) is 4.71. The molecule has 0 aliphatic heterocycles. The lowest BCUT2D eigenvalue weighted by molar-refractivity contribution is -0.116. The van der Waals surface area contributed by atoms with Crippen LogP contribution in [0.4, 0.5) is 0 Å². The molecular formula is C22H25NO3. The van der Waals surface area contributed by atoms with Crippen LogP contribution in [0.5, 0.6) is 5.75 Å². The Balaban J connectivity index is 1.80. The van der Waals surface area contributed by atoms with Gasteiger partial charge in [-0.3, -0.25) is 4.79 Å². The Kier molecular flexibility index (Phi) is 7.65. The highest BCUT2D eigenvalue weighted by Crippen LogP contribution is 2.17. The van der Waals surface area contributed by atoms with E-state index in [4.69, 9.17) is 4.74 Å². The summed E-state index contributed by atoms with van der Waals surface area (Å²) < 4.78 is 5.59. The largest absolute Gasteiger partial charge is 0.490 e. The molecule has 0 heterocycles. The lowest BCUT2D eigenvalue weighted by atomic mass is 10.1. The number of allylic oxidation sites excluding steroid dienone is 1. The van der Waals surface area contributed by atoms with E-state index in [1.165, 1.54) is 11.6 Å². The quantitative estimate of drug-likeness (QED) is 0.560. The summed E-state index contributed by atoms with van der Waals surface area (Å²) in [5.41, 5.74) is 2.88. The highest BCUT2D eigenvalue weighted by molar-refractivity contribution is 5.91. The summed E-state index contributed by atoms with van der Waals surface area (Å²) >= 11 is 0. The molecule has 2 aromatic carbocycles. The summed E-state index contributed by atoms with van der Waals surface area (Å²) in [7, 11) is 0. The zero-order chi connectivity index (χ0) is 18.8. The molecule has 0 spiro atoms. The minimum Gasteiger partial charge on any atom is -0.490 e. The van der Waals surface area contributed by atoms with Gasteiger partial charge in [-0.05, 0) is 49.3 Å². The SMILES string of the molecule is CC(C)=CCOc1ccc([C@@H](O)CNC(=O)C=Cc2ccccc2)cc1. The van der Waals surface area contributed by atoms with Crippen LogP contribution in [0.2, 0.25) is 0 Å². The van der Waals surface area contributed by atoms with Crippen molar-refractivity contribution in [3.63, 3.8) is 0 Å². The molecule has 2 aromatic rings. The van der Waals surface area contributed by atoms with E-state index in [1.807, 2.05) is 62.4 Å². The second-order valence-electron chi connectivity index (χ2n) is 6.17. The maximum Gasteiger partial charge on any atom is 0.244 e. The normalized spacial score (nSPS) is 11.8. The molecule has 0 aliphatic carbocycles. The van der Waals surface area contributed by atoms with E-state index in [2.05, 4.69) is 5.32 Å². The van der Waals surface area contributed by atoms with Gasteiger partial charge in [0.2, 0.25) is 5.91 Å². The smallest absolute Gasteiger partial charge is 0.244 e. The Morgan fingerprint density at radius 1 is 1.12 bits per heavy atom. The van der Waals surface area contributed by atoms with Crippen LogP contribution in [0, 0.1) is 0 Å². The van der Waals surface area contributed by atoms with Crippen molar-refractivity contribution in [1.29, 1.82) is 0 Å². The molecule has 0 saturated carbocycles. The summed E-state index contributed by atoms with van der Waals surface area (Å²) in [5.74, 6) is 0.503. The predicted octanol–water partition coefficient (Wildman–Crippen LogP) is 3.89. The van der Waals surface area contributed by atoms with Crippen LogP contribution in [0.3, 0.4) is 0 Å². The number of hydrogen-bond acceptors (Lipinski definition) is 3. The van der Waals surface area contributed by atoms with Crippen LogP contribution in [0.1, 0.15) is 31.1 Å². The standard InChI is InChI=1S/C22H25NO3/c1-17(2)14-15-26-20-11-9-19(10-12-20)21(24)16-23-22(25)13-8-18-6-4-3-5-7-18/h3-14,21,24H,15-16H2,1-2H3,(H,23,25)/t21-/m0/s1. The van der Waals surface area contributed by atoms with Crippen molar-refractivity contribution in [2.45, 2.75) is 20.0 Å². The number of carbonyl (C=O) groups is 1. The van der Waals surface area contributed by atoms with Crippen LogP contribution in [-0.2, 0) is 4.79 Å². The third-order valence-electron chi connectivity index (χ3n) is 3.70. The van der Waals surface area contributed by atoms with Gasteiger partial charge in [0.15, 0.2) is 0 Å². The molecule has 1 amide bonds. The third kappa shape index (κ3) is 6.95. The van der Waals surface area contributed by atoms with E-state index < -0.39 is 6.10 Å². The van der Waals surface area contributed by atoms with Crippen molar-refractivity contribution in [3.05, 3.63) is 83.4 Å². The Morgan fingerprint density at radius 2 is 1.81 bits per heavy atom. The minimum atomic E-state index is -0.768. The van der Waals surface area contributed by atoms with E-state index >= 15 is 0 Å². The zero-order valence-corrected chi connectivity index (χ0v) is 15.2. The van der Waals surface area contributed by atoms with Crippen molar-refractivity contribution >= 4 is 12.0 Å². The van der Waals surface area contributed by atoms with Crippen molar-refractivity contribution < 1.29 is 14.6 Å². The Bertz CT molecular complexity index is 745. The number of amides is 1. The third-order valence-corrected chi connectivity index (χ3v) is 3.70. The number of hydrogen-bond donors (Lipinski definition) is 2. The van der Waals surface area contributed by atoms with Gasteiger partial charge >= 0.3 is 0 Å². The molecule has 0 fully saturated rings. The number of benzene rings is 2. The number of nitrogens with one attached hydrogen (secondary N) is 1. The number of carbonyl (C=O) groups excluding carboxylic acids is 1. The summed E-state index contributed by atoms with van der Waals surface area (Å²) in [6, 6.07) is 16.8.